The molecule has 0 saturated carbocycles. The summed E-state index contributed by atoms with van der Waals surface area (Å²) in [5.41, 5.74) is 3.39. The molecule has 0 spiro atoms. The van der Waals surface area contributed by atoms with E-state index >= 15 is 0 Å². The highest BCUT2D eigenvalue weighted by Crippen LogP contribution is 2.16. The third-order valence-electron chi connectivity index (χ3n) is 2.92. The minimum atomic E-state index is -0.210. The van der Waals surface area contributed by atoms with Crippen molar-refractivity contribution in [2.24, 2.45) is 0 Å². The maximum Gasteiger partial charge on any atom is 0.273 e. The summed E-state index contributed by atoms with van der Waals surface area (Å²) in [5, 5.41) is 12.4. The van der Waals surface area contributed by atoms with Gasteiger partial charge in [-0.05, 0) is 17.7 Å². The van der Waals surface area contributed by atoms with Crippen molar-refractivity contribution < 1.29 is 4.79 Å². The predicted molar refractivity (Wildman–Crippen MR) is 66.2 cm³/mol. The van der Waals surface area contributed by atoms with Crippen molar-refractivity contribution in [3.8, 4) is 0 Å². The molecule has 0 aromatic carbocycles. The second-order valence-electron chi connectivity index (χ2n) is 4.18. The van der Waals surface area contributed by atoms with Crippen molar-refractivity contribution >= 4 is 11.6 Å². The molecule has 0 saturated heterocycles. The van der Waals surface area contributed by atoms with Crippen molar-refractivity contribution in [2.45, 2.75) is 13.0 Å². The Morgan fingerprint density at radius 3 is 3.22 bits per heavy atom. The number of amides is 1. The van der Waals surface area contributed by atoms with Gasteiger partial charge in [0.15, 0.2) is 0 Å². The molecule has 2 aromatic rings. The molecule has 18 heavy (non-hydrogen) atoms. The summed E-state index contributed by atoms with van der Waals surface area (Å²) < 4.78 is 0. The van der Waals surface area contributed by atoms with Crippen LogP contribution in [0.15, 0.2) is 24.5 Å². The van der Waals surface area contributed by atoms with E-state index in [1.807, 2.05) is 6.07 Å². The predicted octanol–water partition coefficient (Wildman–Crippen LogP) is 0.703. The van der Waals surface area contributed by atoms with Gasteiger partial charge in [0, 0.05) is 31.4 Å². The van der Waals surface area contributed by atoms with Gasteiger partial charge < -0.3 is 10.6 Å². The van der Waals surface area contributed by atoms with E-state index < -0.39 is 0 Å². The summed E-state index contributed by atoms with van der Waals surface area (Å²) >= 11 is 0. The van der Waals surface area contributed by atoms with Crippen LogP contribution in [0.1, 0.15) is 21.7 Å². The monoisotopic (exact) mass is 243 g/mol. The van der Waals surface area contributed by atoms with Crippen molar-refractivity contribution in [2.75, 3.05) is 11.9 Å². The van der Waals surface area contributed by atoms with Gasteiger partial charge in [0.2, 0.25) is 0 Å². The summed E-state index contributed by atoms with van der Waals surface area (Å²) in [6.07, 6.45) is 4.17. The van der Waals surface area contributed by atoms with Crippen LogP contribution in [0.25, 0.3) is 0 Å². The molecule has 1 aliphatic heterocycles. The quantitative estimate of drug-likeness (QED) is 0.725. The lowest BCUT2D eigenvalue weighted by Crippen LogP contribution is -2.25. The van der Waals surface area contributed by atoms with Gasteiger partial charge in [0.25, 0.3) is 5.91 Å². The third-order valence-corrected chi connectivity index (χ3v) is 2.92. The lowest BCUT2D eigenvalue weighted by molar-refractivity contribution is 0.102. The molecule has 6 nitrogen and oxygen atoms in total. The first-order valence-corrected chi connectivity index (χ1v) is 5.82. The Labute approximate surface area is 104 Å². The summed E-state index contributed by atoms with van der Waals surface area (Å²) in [5.74, 6) is -0.210. The molecule has 1 aliphatic rings. The van der Waals surface area contributed by atoms with Crippen molar-refractivity contribution in [1.29, 1.82) is 0 Å². The fraction of sp³-hybridized carbons (Fsp3) is 0.250. The average molecular weight is 243 g/mol. The number of aromatic amines is 1. The number of carbonyl (C=O) groups excluding carboxylic acids is 1. The number of fused-ring (bicyclic) bond motifs is 1. The molecule has 3 heterocycles. The maximum atomic E-state index is 11.8. The molecule has 6 heteroatoms. The lowest BCUT2D eigenvalue weighted by Gasteiger charge is -2.16. The van der Waals surface area contributed by atoms with E-state index in [-0.39, 0.29) is 5.91 Å². The van der Waals surface area contributed by atoms with Gasteiger partial charge in [-0.25, -0.2) is 0 Å². The van der Waals surface area contributed by atoms with Gasteiger partial charge >= 0.3 is 0 Å². The number of pyridine rings is 1. The SMILES string of the molecule is O=C(Nc1cnc2c(c1)CNCC2)c1ccn[nH]1. The number of nitrogens with zero attached hydrogens (tertiary/aromatic N) is 2. The zero-order valence-electron chi connectivity index (χ0n) is 9.73. The molecule has 92 valence electrons. The Morgan fingerprint density at radius 1 is 1.44 bits per heavy atom. The first-order chi connectivity index (χ1) is 8.83. The average Bonchev–Trinajstić information content (AvgIpc) is 2.92. The second kappa shape index (κ2) is 4.58. The molecule has 0 bridgehead atoms. The Hall–Kier alpha value is -2.21. The highest BCUT2D eigenvalue weighted by atomic mass is 16.1. The van der Waals surface area contributed by atoms with Gasteiger partial charge in [-0.15, -0.1) is 0 Å². The maximum absolute atomic E-state index is 11.8. The van der Waals surface area contributed by atoms with Gasteiger partial charge in [0.1, 0.15) is 5.69 Å². The van der Waals surface area contributed by atoms with Crippen molar-refractivity contribution in [3.63, 3.8) is 0 Å². The molecule has 3 N–H and O–H groups in total. The third kappa shape index (κ3) is 2.10. The van der Waals surface area contributed by atoms with E-state index in [0.29, 0.717) is 11.4 Å². The number of H-pyrrole nitrogens is 1. The molecular formula is C12H13N5O. The summed E-state index contributed by atoms with van der Waals surface area (Å²) in [6.45, 7) is 1.76. The molecule has 0 fully saturated rings. The van der Waals surface area contributed by atoms with E-state index in [2.05, 4.69) is 25.8 Å². The van der Waals surface area contributed by atoms with Crippen LogP contribution in [0.2, 0.25) is 0 Å². The van der Waals surface area contributed by atoms with Crippen LogP contribution in [0.5, 0.6) is 0 Å². The summed E-state index contributed by atoms with van der Waals surface area (Å²) in [4.78, 5) is 16.2. The zero-order valence-corrected chi connectivity index (χ0v) is 9.73. The van der Waals surface area contributed by atoms with Crippen LogP contribution in [0.3, 0.4) is 0 Å². The molecule has 0 radical (unpaired) electrons. The number of aromatic nitrogens is 3. The highest BCUT2D eigenvalue weighted by Gasteiger charge is 2.12. The number of hydrogen-bond acceptors (Lipinski definition) is 4. The fourth-order valence-electron chi connectivity index (χ4n) is 2.00. The zero-order chi connectivity index (χ0) is 12.4. The molecule has 0 unspecified atom stereocenters. The van der Waals surface area contributed by atoms with Crippen molar-refractivity contribution in [1.82, 2.24) is 20.5 Å². The van der Waals surface area contributed by atoms with Gasteiger partial charge in [-0.2, -0.15) is 5.10 Å². The van der Waals surface area contributed by atoms with Crippen LogP contribution >= 0.6 is 0 Å². The Balaban J connectivity index is 1.79. The molecule has 2 aromatic heterocycles. The minimum Gasteiger partial charge on any atom is -0.319 e. The van der Waals surface area contributed by atoms with E-state index in [1.165, 1.54) is 0 Å². The molecule has 3 rings (SSSR count). The minimum absolute atomic E-state index is 0.210. The highest BCUT2D eigenvalue weighted by molar-refractivity contribution is 6.02. The standard InChI is InChI=1S/C12H13N5O/c18-12(11-2-4-15-17-11)16-9-5-8-6-13-3-1-10(8)14-7-9/h2,4-5,7,13H,1,3,6H2,(H,15,17)(H,16,18). The summed E-state index contributed by atoms with van der Waals surface area (Å²) in [7, 11) is 0. The largest absolute Gasteiger partial charge is 0.319 e. The second-order valence-corrected chi connectivity index (χ2v) is 4.18. The van der Waals surface area contributed by atoms with Crippen LogP contribution in [0, 0.1) is 0 Å². The normalized spacial score (nSPS) is 14.0. The van der Waals surface area contributed by atoms with Gasteiger partial charge in [-0.1, -0.05) is 0 Å². The van der Waals surface area contributed by atoms with Gasteiger partial charge in [0.05, 0.1) is 11.9 Å². The molecule has 1 amide bonds. The Bertz CT molecular complexity index is 564. The number of rotatable bonds is 2. The van der Waals surface area contributed by atoms with Crippen LogP contribution < -0.4 is 10.6 Å². The topological polar surface area (TPSA) is 82.7 Å². The summed E-state index contributed by atoms with van der Waals surface area (Å²) in [6, 6.07) is 3.59. The van der Waals surface area contributed by atoms with Crippen LogP contribution in [-0.4, -0.2) is 27.6 Å². The Kier molecular flexibility index (Phi) is 2.77. The van der Waals surface area contributed by atoms with Crippen LogP contribution in [0.4, 0.5) is 5.69 Å². The fourth-order valence-corrected chi connectivity index (χ4v) is 2.00. The number of nitrogens with one attached hydrogen (secondary N) is 3. The Morgan fingerprint density at radius 2 is 2.39 bits per heavy atom. The van der Waals surface area contributed by atoms with E-state index in [4.69, 9.17) is 0 Å². The molecule has 0 aliphatic carbocycles. The first-order valence-electron chi connectivity index (χ1n) is 5.82. The number of carbonyl (C=O) groups is 1. The van der Waals surface area contributed by atoms with E-state index in [9.17, 15) is 4.79 Å². The van der Waals surface area contributed by atoms with Crippen LogP contribution in [-0.2, 0) is 13.0 Å². The number of hydrogen-bond donors (Lipinski definition) is 3. The lowest BCUT2D eigenvalue weighted by atomic mass is 10.1. The van der Waals surface area contributed by atoms with E-state index in [0.717, 1.165) is 30.8 Å². The molecular weight excluding hydrogens is 230 g/mol. The van der Waals surface area contributed by atoms with Crippen molar-refractivity contribution in [3.05, 3.63) is 41.5 Å². The van der Waals surface area contributed by atoms with E-state index in [1.54, 1.807) is 18.5 Å². The number of anilines is 1. The smallest absolute Gasteiger partial charge is 0.273 e. The van der Waals surface area contributed by atoms with Gasteiger partial charge in [-0.3, -0.25) is 14.9 Å². The molecule has 0 atom stereocenters. The first kappa shape index (κ1) is 10.9.